The number of fused-ring (bicyclic) bond motifs is 2. The standard InChI is InChI=1S/C41H46Cl2N8O4/c1-41(2,3)55-35(53)13-6-16-44-30-12-7-18-51-34(30)21-33(49-51)40(54)48-32-11-5-9-29(37(32)43)28-8-4-10-31(36(28)42)47-39-38-26(14-17-45-39)20-25(22-46-38)23-50-19-15-27(52)24-50/h4-5,8-11,14,17,20-22,27,30,44,52H,6-7,12-13,15-16,18-19,23-24H2,1-3H3,(H,45,47)(H,48,54)/t27-,30?/m1/s1. The van der Waals surface area contributed by atoms with Crippen LogP contribution in [0.25, 0.3) is 22.0 Å². The third-order valence-electron chi connectivity index (χ3n) is 9.73. The number of nitrogens with zero attached hydrogens (tertiary/aromatic N) is 5. The topological polar surface area (TPSA) is 147 Å². The number of esters is 1. The van der Waals surface area contributed by atoms with Gasteiger partial charge in [-0.1, -0.05) is 47.5 Å². The fraction of sp³-hybridized carbons (Fsp3) is 0.390. The summed E-state index contributed by atoms with van der Waals surface area (Å²) in [5.74, 6) is -0.0209. The molecule has 1 fully saturated rings. The molecule has 0 saturated carbocycles. The highest BCUT2D eigenvalue weighted by Crippen LogP contribution is 2.41. The van der Waals surface area contributed by atoms with Crippen LogP contribution >= 0.6 is 23.2 Å². The van der Waals surface area contributed by atoms with E-state index in [1.807, 2.05) is 74.1 Å². The summed E-state index contributed by atoms with van der Waals surface area (Å²) < 4.78 is 7.29. The van der Waals surface area contributed by atoms with Crippen LogP contribution in [0.3, 0.4) is 0 Å². The molecule has 2 aliphatic rings. The number of aryl methyl sites for hydroxylation is 1. The lowest BCUT2D eigenvalue weighted by molar-refractivity contribution is -0.154. The Bertz CT molecular complexity index is 2200. The summed E-state index contributed by atoms with van der Waals surface area (Å²) in [4.78, 5) is 37.2. The van der Waals surface area contributed by atoms with Gasteiger partial charge in [0, 0.05) is 67.5 Å². The first-order valence-corrected chi connectivity index (χ1v) is 19.5. The second-order valence-electron chi connectivity index (χ2n) is 15.2. The Labute approximate surface area is 330 Å². The monoisotopic (exact) mass is 784 g/mol. The van der Waals surface area contributed by atoms with Crippen LogP contribution in [0.4, 0.5) is 17.2 Å². The second kappa shape index (κ2) is 16.6. The maximum Gasteiger partial charge on any atom is 0.306 e. The van der Waals surface area contributed by atoms with Gasteiger partial charge in [0.2, 0.25) is 0 Å². The van der Waals surface area contributed by atoms with E-state index in [9.17, 15) is 14.7 Å². The van der Waals surface area contributed by atoms with E-state index in [1.165, 1.54) is 0 Å². The Morgan fingerprint density at radius 2 is 1.75 bits per heavy atom. The Morgan fingerprint density at radius 1 is 0.982 bits per heavy atom. The van der Waals surface area contributed by atoms with E-state index in [2.05, 4.69) is 37.0 Å². The SMILES string of the molecule is CC(C)(C)OC(=O)CCCNC1CCCn2nc(C(=O)Nc3cccc(-c4cccc(Nc5nccc6cc(CN7CC[C@@H](O)C7)cnc56)c4Cl)c3Cl)cc21. The summed E-state index contributed by atoms with van der Waals surface area (Å²) >= 11 is 14.0. The maximum atomic E-state index is 13.6. The van der Waals surface area contributed by atoms with E-state index < -0.39 is 5.60 Å². The van der Waals surface area contributed by atoms with Gasteiger partial charge in [0.15, 0.2) is 11.5 Å². The van der Waals surface area contributed by atoms with Crippen LogP contribution in [-0.4, -0.2) is 73.0 Å². The van der Waals surface area contributed by atoms with Gasteiger partial charge in [0.05, 0.1) is 33.2 Å². The molecule has 0 spiro atoms. The van der Waals surface area contributed by atoms with Crippen molar-refractivity contribution in [3.8, 4) is 11.1 Å². The van der Waals surface area contributed by atoms with Crippen LogP contribution in [0, 0.1) is 0 Å². The molecular formula is C41H46Cl2N8O4. The molecule has 3 aromatic heterocycles. The summed E-state index contributed by atoms with van der Waals surface area (Å²) in [6.45, 7) is 9.20. The number of benzene rings is 2. The zero-order chi connectivity index (χ0) is 38.7. The van der Waals surface area contributed by atoms with Gasteiger partial charge in [0.1, 0.15) is 11.1 Å². The normalized spacial score (nSPS) is 17.3. The Balaban J connectivity index is 1.03. The van der Waals surface area contributed by atoms with Gasteiger partial charge in [-0.15, -0.1) is 0 Å². The van der Waals surface area contributed by atoms with Crippen molar-refractivity contribution in [2.75, 3.05) is 30.3 Å². The predicted molar refractivity (Wildman–Crippen MR) is 216 cm³/mol. The van der Waals surface area contributed by atoms with Crippen LogP contribution in [0.15, 0.2) is 67.0 Å². The molecule has 1 unspecified atom stereocenters. The third-order valence-corrected chi connectivity index (χ3v) is 10.5. The van der Waals surface area contributed by atoms with E-state index in [0.717, 1.165) is 49.0 Å². The lowest BCUT2D eigenvalue weighted by Crippen LogP contribution is -2.29. The zero-order valence-corrected chi connectivity index (χ0v) is 32.8. The van der Waals surface area contributed by atoms with E-state index in [4.69, 9.17) is 32.9 Å². The maximum absolute atomic E-state index is 13.6. The van der Waals surface area contributed by atoms with Crippen molar-refractivity contribution in [1.82, 2.24) is 30.0 Å². The average molecular weight is 786 g/mol. The lowest BCUT2D eigenvalue weighted by atomic mass is 10.0. The first-order chi connectivity index (χ1) is 26.4. The highest BCUT2D eigenvalue weighted by atomic mass is 35.5. The molecule has 5 heterocycles. The number of aromatic nitrogens is 4. The van der Waals surface area contributed by atoms with Crippen LogP contribution in [-0.2, 0) is 22.6 Å². The molecule has 14 heteroatoms. The first kappa shape index (κ1) is 38.7. The van der Waals surface area contributed by atoms with Crippen LogP contribution in [0.2, 0.25) is 10.0 Å². The molecular weight excluding hydrogens is 739 g/mol. The summed E-state index contributed by atoms with van der Waals surface area (Å²) in [6, 6.07) is 16.9. The summed E-state index contributed by atoms with van der Waals surface area (Å²) in [7, 11) is 0. The highest BCUT2D eigenvalue weighted by Gasteiger charge is 2.26. The van der Waals surface area contributed by atoms with E-state index in [1.54, 1.807) is 12.3 Å². The Morgan fingerprint density at radius 3 is 2.49 bits per heavy atom. The van der Waals surface area contributed by atoms with Gasteiger partial charge in [0.25, 0.3) is 5.91 Å². The molecule has 1 saturated heterocycles. The number of amides is 1. The summed E-state index contributed by atoms with van der Waals surface area (Å²) in [5, 5.41) is 26.1. The number of aliphatic hydroxyl groups is 1. The molecule has 4 N–H and O–H groups in total. The Kier molecular flexibility index (Phi) is 11.7. The van der Waals surface area contributed by atoms with Crippen molar-refractivity contribution in [2.24, 2.45) is 0 Å². The van der Waals surface area contributed by atoms with Crippen molar-refractivity contribution in [1.29, 1.82) is 0 Å². The van der Waals surface area contributed by atoms with Gasteiger partial charge in [-0.05, 0) is 88.9 Å². The molecule has 2 aromatic carbocycles. The minimum Gasteiger partial charge on any atom is -0.460 e. The van der Waals surface area contributed by atoms with E-state index >= 15 is 0 Å². The average Bonchev–Trinajstić information content (AvgIpc) is 3.77. The first-order valence-electron chi connectivity index (χ1n) is 18.7. The summed E-state index contributed by atoms with van der Waals surface area (Å²) in [5.41, 5.74) is 4.88. The lowest BCUT2D eigenvalue weighted by Gasteiger charge is -2.24. The number of hydrogen-bond acceptors (Lipinski definition) is 10. The number of likely N-dealkylation sites (tertiary alicyclic amines) is 1. The number of carbonyl (C=O) groups is 2. The zero-order valence-electron chi connectivity index (χ0n) is 31.2. The second-order valence-corrected chi connectivity index (χ2v) is 15.9. The minimum atomic E-state index is -0.500. The van der Waals surface area contributed by atoms with Crippen molar-refractivity contribution >= 4 is 63.2 Å². The molecule has 0 aliphatic carbocycles. The number of carbonyl (C=O) groups excluding carboxylic acids is 2. The molecule has 12 nitrogen and oxygen atoms in total. The van der Waals surface area contributed by atoms with Crippen molar-refractivity contribution in [3.05, 3.63) is 94.0 Å². The molecule has 0 radical (unpaired) electrons. The molecule has 2 atom stereocenters. The van der Waals surface area contributed by atoms with E-state index in [0.29, 0.717) is 82.1 Å². The quantitative estimate of drug-likeness (QED) is 0.0727. The van der Waals surface area contributed by atoms with Gasteiger partial charge in [-0.2, -0.15) is 5.10 Å². The van der Waals surface area contributed by atoms with Crippen molar-refractivity contribution in [3.63, 3.8) is 0 Å². The molecule has 1 amide bonds. The van der Waals surface area contributed by atoms with Crippen LogP contribution < -0.4 is 16.0 Å². The molecule has 7 rings (SSSR count). The molecule has 5 aromatic rings. The fourth-order valence-corrected chi connectivity index (χ4v) is 7.74. The third kappa shape index (κ3) is 9.28. The Hall–Kier alpha value is -4.59. The number of pyridine rings is 2. The highest BCUT2D eigenvalue weighted by molar-refractivity contribution is 6.39. The molecule has 288 valence electrons. The smallest absolute Gasteiger partial charge is 0.306 e. The molecule has 2 aliphatic heterocycles. The van der Waals surface area contributed by atoms with Gasteiger partial charge in [-0.3, -0.25) is 24.2 Å². The predicted octanol–water partition coefficient (Wildman–Crippen LogP) is 7.91. The van der Waals surface area contributed by atoms with Gasteiger partial charge >= 0.3 is 5.97 Å². The molecule has 55 heavy (non-hydrogen) atoms. The number of ether oxygens (including phenoxy) is 1. The van der Waals surface area contributed by atoms with Gasteiger partial charge in [-0.25, -0.2) is 4.98 Å². The van der Waals surface area contributed by atoms with Crippen LogP contribution in [0.5, 0.6) is 0 Å². The van der Waals surface area contributed by atoms with E-state index in [-0.39, 0.29) is 24.0 Å². The number of aliphatic hydroxyl groups excluding tert-OH is 1. The van der Waals surface area contributed by atoms with Crippen LogP contribution in [0.1, 0.15) is 80.7 Å². The number of halogens is 2. The number of anilines is 3. The van der Waals surface area contributed by atoms with Gasteiger partial charge < -0.3 is 25.8 Å². The minimum absolute atomic E-state index is 0.0179. The number of β-amino-alcohol motifs (C(OH)–C–C–N with tert-alkyl or cyclic N) is 1. The van der Waals surface area contributed by atoms with Crippen molar-refractivity contribution in [2.45, 2.75) is 83.7 Å². The fourth-order valence-electron chi connectivity index (χ4n) is 7.19. The van der Waals surface area contributed by atoms with Crippen molar-refractivity contribution < 1.29 is 19.4 Å². The molecule has 0 bridgehead atoms. The summed E-state index contributed by atoms with van der Waals surface area (Å²) in [6.07, 6.45) is 6.91. The largest absolute Gasteiger partial charge is 0.460 e. The number of rotatable bonds is 12. The number of nitrogens with one attached hydrogen (secondary N) is 3. The number of hydrogen-bond donors (Lipinski definition) is 4.